The number of Topliss-reactive ketones (excluding diaryl/α,β-unsaturated/α-hetero) is 1. The molecule has 8 nitrogen and oxygen atoms in total. The molecule has 1 aliphatic carbocycles. The van der Waals surface area contributed by atoms with E-state index in [1.165, 1.54) is 6.92 Å². The van der Waals surface area contributed by atoms with Crippen LogP contribution in [0.3, 0.4) is 0 Å². The molecule has 1 aliphatic heterocycles. The van der Waals surface area contributed by atoms with Crippen LogP contribution < -0.4 is 10.1 Å². The van der Waals surface area contributed by atoms with E-state index < -0.39 is 65.8 Å². The molecule has 1 saturated heterocycles. The predicted octanol–water partition coefficient (Wildman–Crippen LogP) is 2.75. The van der Waals surface area contributed by atoms with Gasteiger partial charge in [-0.15, -0.1) is 0 Å². The summed E-state index contributed by atoms with van der Waals surface area (Å²) < 4.78 is 46.4. The van der Waals surface area contributed by atoms with E-state index in [-0.39, 0.29) is 17.4 Å². The number of carbonyl (C=O) groups excluding carboxylic acids is 3. The van der Waals surface area contributed by atoms with Gasteiger partial charge in [0.2, 0.25) is 17.6 Å². The lowest BCUT2D eigenvalue weighted by Crippen LogP contribution is -2.49. The quantitative estimate of drug-likeness (QED) is 0.507. The van der Waals surface area contributed by atoms with Crippen molar-refractivity contribution in [2.24, 2.45) is 11.8 Å². The van der Waals surface area contributed by atoms with Crippen LogP contribution in [0.4, 0.5) is 13.2 Å². The number of amides is 2. The van der Waals surface area contributed by atoms with Crippen LogP contribution in [0, 0.1) is 36.2 Å². The van der Waals surface area contributed by atoms with Gasteiger partial charge in [0, 0.05) is 24.9 Å². The number of benzene rings is 1. The Bertz CT molecular complexity index is 962. The van der Waals surface area contributed by atoms with E-state index in [4.69, 9.17) is 9.84 Å². The molecule has 2 amide bonds. The van der Waals surface area contributed by atoms with Crippen molar-refractivity contribution in [1.29, 1.82) is 0 Å². The zero-order chi connectivity index (χ0) is 25.7. The molecule has 3 rings (SSSR count). The van der Waals surface area contributed by atoms with Gasteiger partial charge in [-0.2, -0.15) is 4.39 Å². The monoisotopic (exact) mass is 498 g/mol. The van der Waals surface area contributed by atoms with Crippen LogP contribution in [0.1, 0.15) is 50.5 Å². The van der Waals surface area contributed by atoms with Crippen molar-refractivity contribution in [2.75, 3.05) is 19.7 Å². The number of ether oxygens (including phenoxy) is 1. The zero-order valence-electron chi connectivity index (χ0n) is 19.5. The van der Waals surface area contributed by atoms with Crippen LogP contribution in [-0.2, 0) is 19.2 Å². The molecule has 2 aliphatic rings. The number of aryl methyl sites for hydroxylation is 1. The molecule has 2 N–H and O–H groups in total. The zero-order valence-corrected chi connectivity index (χ0v) is 19.5. The fourth-order valence-electron chi connectivity index (χ4n) is 4.57. The van der Waals surface area contributed by atoms with Crippen molar-refractivity contribution < 1.29 is 42.2 Å². The molecule has 1 heterocycles. The highest BCUT2D eigenvalue weighted by Gasteiger charge is 2.34. The molecule has 35 heavy (non-hydrogen) atoms. The molecule has 0 radical (unpaired) electrons. The molecule has 0 spiro atoms. The van der Waals surface area contributed by atoms with Crippen LogP contribution in [0.25, 0.3) is 0 Å². The van der Waals surface area contributed by atoms with E-state index in [1.54, 1.807) is 4.90 Å². The van der Waals surface area contributed by atoms with Gasteiger partial charge < -0.3 is 20.1 Å². The number of hydrogen-bond donors (Lipinski definition) is 2. The number of ketones is 1. The van der Waals surface area contributed by atoms with E-state index in [0.717, 1.165) is 25.7 Å². The first kappa shape index (κ1) is 26.5. The minimum absolute atomic E-state index is 0.0366. The van der Waals surface area contributed by atoms with E-state index in [2.05, 4.69) is 5.32 Å². The fourth-order valence-corrected chi connectivity index (χ4v) is 4.57. The first-order valence-corrected chi connectivity index (χ1v) is 11.7. The van der Waals surface area contributed by atoms with Gasteiger partial charge in [-0.1, -0.05) is 12.8 Å². The summed E-state index contributed by atoms with van der Waals surface area (Å²) in [5, 5.41) is 11.5. The van der Waals surface area contributed by atoms with Crippen molar-refractivity contribution >= 4 is 23.6 Å². The SMILES string of the molecule is Cc1cc(F)c(F)c(OCC(=O)[C@H](CC(=O)O)NC(=O)C2CCN(C(=O)C3CCCC3)CC2)c1F. The Morgan fingerprint density at radius 3 is 2.29 bits per heavy atom. The third-order valence-electron chi connectivity index (χ3n) is 6.62. The van der Waals surface area contributed by atoms with Crippen LogP contribution in [0.5, 0.6) is 5.75 Å². The maximum atomic E-state index is 14.1. The van der Waals surface area contributed by atoms with E-state index >= 15 is 0 Å². The maximum Gasteiger partial charge on any atom is 0.305 e. The second-order valence-corrected chi connectivity index (χ2v) is 9.13. The average Bonchev–Trinajstić information content (AvgIpc) is 3.36. The smallest absolute Gasteiger partial charge is 0.305 e. The maximum absolute atomic E-state index is 14.1. The summed E-state index contributed by atoms with van der Waals surface area (Å²) in [7, 11) is 0. The number of carboxylic acid groups (broad SMARTS) is 1. The summed E-state index contributed by atoms with van der Waals surface area (Å²) in [6, 6.07) is -0.863. The van der Waals surface area contributed by atoms with Gasteiger partial charge in [-0.3, -0.25) is 19.2 Å². The Morgan fingerprint density at radius 2 is 1.69 bits per heavy atom. The number of hydrogen-bond acceptors (Lipinski definition) is 5. The summed E-state index contributed by atoms with van der Waals surface area (Å²) in [5.41, 5.74) is -0.237. The summed E-state index contributed by atoms with van der Waals surface area (Å²) in [6.07, 6.45) is 3.81. The van der Waals surface area contributed by atoms with E-state index in [0.29, 0.717) is 32.0 Å². The van der Waals surface area contributed by atoms with Gasteiger partial charge in [0.15, 0.2) is 23.2 Å². The van der Waals surface area contributed by atoms with Crippen LogP contribution in [-0.4, -0.2) is 59.3 Å². The van der Waals surface area contributed by atoms with E-state index in [9.17, 15) is 32.3 Å². The standard InChI is InChI=1S/C24H29F3N2O6/c1-13-10-16(25)21(27)22(20(13)26)35-12-18(30)17(11-19(31)32)28-23(33)14-6-8-29(9-7-14)24(34)15-4-2-3-5-15/h10,14-15,17H,2-9,11-12H2,1H3,(H,28,33)(H,31,32)/t17-/m0/s1. The number of nitrogens with one attached hydrogen (secondary N) is 1. The molecule has 0 bridgehead atoms. The molecule has 1 saturated carbocycles. The Labute approximate surface area is 200 Å². The number of likely N-dealkylation sites (tertiary alicyclic amines) is 1. The summed E-state index contributed by atoms with van der Waals surface area (Å²) in [6.45, 7) is 1.01. The predicted molar refractivity (Wildman–Crippen MR) is 117 cm³/mol. The average molecular weight is 498 g/mol. The highest BCUT2D eigenvalue weighted by molar-refractivity contribution is 5.93. The molecule has 1 aromatic carbocycles. The molecule has 1 aromatic rings. The van der Waals surface area contributed by atoms with Crippen LogP contribution in [0.15, 0.2) is 6.07 Å². The topological polar surface area (TPSA) is 113 Å². The summed E-state index contributed by atoms with van der Waals surface area (Å²) in [4.78, 5) is 50.8. The van der Waals surface area contributed by atoms with Gasteiger partial charge in [0.1, 0.15) is 12.6 Å². The number of piperidine rings is 1. The third kappa shape index (κ3) is 6.52. The van der Waals surface area contributed by atoms with Crippen molar-refractivity contribution in [3.63, 3.8) is 0 Å². The number of carboxylic acids is 1. The van der Waals surface area contributed by atoms with Gasteiger partial charge in [-0.05, 0) is 44.2 Å². The first-order chi connectivity index (χ1) is 16.6. The third-order valence-corrected chi connectivity index (χ3v) is 6.62. The lowest BCUT2D eigenvalue weighted by molar-refractivity contribution is -0.142. The van der Waals surface area contributed by atoms with Crippen molar-refractivity contribution in [1.82, 2.24) is 10.2 Å². The van der Waals surface area contributed by atoms with Crippen molar-refractivity contribution in [3.05, 3.63) is 29.1 Å². The van der Waals surface area contributed by atoms with E-state index in [1.807, 2.05) is 0 Å². The normalized spacial score (nSPS) is 17.8. The molecule has 1 atom stereocenters. The minimum Gasteiger partial charge on any atom is -0.481 e. The van der Waals surface area contributed by atoms with Gasteiger partial charge in [0.25, 0.3) is 0 Å². The van der Waals surface area contributed by atoms with Gasteiger partial charge in [0.05, 0.1) is 6.42 Å². The first-order valence-electron chi connectivity index (χ1n) is 11.7. The number of rotatable bonds is 9. The summed E-state index contributed by atoms with van der Waals surface area (Å²) in [5.74, 6) is -8.48. The van der Waals surface area contributed by atoms with Crippen LogP contribution >= 0.6 is 0 Å². The Morgan fingerprint density at radius 1 is 1.06 bits per heavy atom. The molecule has 192 valence electrons. The number of aliphatic carboxylic acids is 1. The largest absolute Gasteiger partial charge is 0.481 e. The second-order valence-electron chi connectivity index (χ2n) is 9.13. The number of halogens is 3. The molecular formula is C24H29F3N2O6. The number of nitrogens with zero attached hydrogens (tertiary/aromatic N) is 1. The number of carbonyl (C=O) groups is 4. The van der Waals surface area contributed by atoms with Crippen molar-refractivity contribution in [3.8, 4) is 5.75 Å². The minimum atomic E-state index is -1.61. The lowest BCUT2D eigenvalue weighted by Gasteiger charge is -2.33. The molecule has 11 heteroatoms. The highest BCUT2D eigenvalue weighted by Crippen LogP contribution is 2.29. The Hall–Kier alpha value is -3.11. The molecule has 2 fully saturated rings. The van der Waals surface area contributed by atoms with Crippen molar-refractivity contribution in [2.45, 2.75) is 57.9 Å². The molecule has 0 aromatic heterocycles. The Kier molecular flexibility index (Phi) is 8.74. The van der Waals surface area contributed by atoms with Gasteiger partial charge >= 0.3 is 5.97 Å². The lowest BCUT2D eigenvalue weighted by atomic mass is 9.94. The van der Waals surface area contributed by atoms with Gasteiger partial charge in [-0.25, -0.2) is 8.78 Å². The summed E-state index contributed by atoms with van der Waals surface area (Å²) >= 11 is 0. The fraction of sp³-hybridized carbons (Fsp3) is 0.583. The molecular weight excluding hydrogens is 469 g/mol. The second kappa shape index (κ2) is 11.5. The molecule has 0 unspecified atom stereocenters. The van der Waals surface area contributed by atoms with Crippen LogP contribution in [0.2, 0.25) is 0 Å². The Balaban J connectivity index is 1.57. The highest BCUT2D eigenvalue weighted by atomic mass is 19.2.